The van der Waals surface area contributed by atoms with Gasteiger partial charge in [0, 0.05) is 18.0 Å². The summed E-state index contributed by atoms with van der Waals surface area (Å²) in [6.45, 7) is 0. The smallest absolute Gasteiger partial charge is 0.0992 e. The molecule has 6 aromatic rings. The van der Waals surface area contributed by atoms with Gasteiger partial charge in [-0.05, 0) is 62.1 Å². The Bertz CT molecular complexity index is 1640. The lowest BCUT2D eigenvalue weighted by atomic mass is 9.92. The standard InChI is InChI=1S/C29H17N3/c30-17-19-13-14-31-29(15-19)28-12-10-21(18-32-28)20-9-11-26-24-7-2-1-5-22(24)23-6-3-4-8-25(23)27(26)16-20/h1-16,18H. The van der Waals surface area contributed by atoms with Crippen molar-refractivity contribution >= 4 is 32.3 Å². The Balaban J connectivity index is 1.51. The first-order chi connectivity index (χ1) is 15.8. The van der Waals surface area contributed by atoms with Crippen molar-refractivity contribution in [1.82, 2.24) is 9.97 Å². The van der Waals surface area contributed by atoms with Crippen LogP contribution >= 0.6 is 0 Å². The van der Waals surface area contributed by atoms with Crippen LogP contribution in [-0.4, -0.2) is 9.97 Å². The summed E-state index contributed by atoms with van der Waals surface area (Å²) < 4.78 is 0. The van der Waals surface area contributed by atoms with E-state index in [1.54, 1.807) is 18.3 Å². The van der Waals surface area contributed by atoms with Crippen LogP contribution < -0.4 is 0 Å². The zero-order valence-corrected chi connectivity index (χ0v) is 17.2. The minimum Gasteiger partial charge on any atom is -0.255 e. The third kappa shape index (κ3) is 2.90. The average Bonchev–Trinajstić information content (AvgIpc) is 2.89. The van der Waals surface area contributed by atoms with Crippen molar-refractivity contribution in [2.75, 3.05) is 0 Å². The molecule has 2 aromatic heterocycles. The van der Waals surface area contributed by atoms with E-state index in [0.717, 1.165) is 16.8 Å². The molecule has 4 aromatic carbocycles. The number of benzene rings is 4. The monoisotopic (exact) mass is 407 g/mol. The van der Waals surface area contributed by atoms with Gasteiger partial charge in [0.1, 0.15) is 0 Å². The van der Waals surface area contributed by atoms with Crippen LogP contribution in [0.1, 0.15) is 5.56 Å². The molecule has 0 unspecified atom stereocenters. The minimum atomic E-state index is 0.578. The van der Waals surface area contributed by atoms with E-state index in [1.165, 1.54) is 32.3 Å². The Labute approximate surface area is 185 Å². The fourth-order valence-electron chi connectivity index (χ4n) is 4.44. The van der Waals surface area contributed by atoms with E-state index in [2.05, 4.69) is 88.8 Å². The molecule has 0 amide bonds. The van der Waals surface area contributed by atoms with Crippen LogP contribution in [0.3, 0.4) is 0 Å². The molecule has 148 valence electrons. The van der Waals surface area contributed by atoms with Gasteiger partial charge in [0.05, 0.1) is 23.0 Å². The number of fused-ring (bicyclic) bond motifs is 6. The van der Waals surface area contributed by atoms with Crippen molar-refractivity contribution in [1.29, 1.82) is 5.26 Å². The Morgan fingerprint density at radius 3 is 1.78 bits per heavy atom. The molecule has 3 nitrogen and oxygen atoms in total. The van der Waals surface area contributed by atoms with Gasteiger partial charge in [0.15, 0.2) is 0 Å². The molecule has 32 heavy (non-hydrogen) atoms. The molecular formula is C29H17N3. The highest BCUT2D eigenvalue weighted by atomic mass is 14.8. The first-order valence-electron chi connectivity index (χ1n) is 10.5. The Morgan fingerprint density at radius 2 is 1.16 bits per heavy atom. The Hall–Kier alpha value is -4.55. The maximum atomic E-state index is 9.13. The van der Waals surface area contributed by atoms with Gasteiger partial charge in [0.25, 0.3) is 0 Å². The molecule has 0 spiro atoms. The molecular weight excluding hydrogens is 390 g/mol. The molecule has 3 heteroatoms. The van der Waals surface area contributed by atoms with Crippen molar-refractivity contribution in [2.45, 2.75) is 0 Å². The lowest BCUT2D eigenvalue weighted by Crippen LogP contribution is -1.89. The SMILES string of the molecule is N#Cc1ccnc(-c2ccc(-c3ccc4c5ccccc5c5ccccc5c4c3)cn2)c1. The summed E-state index contributed by atoms with van der Waals surface area (Å²) >= 11 is 0. The van der Waals surface area contributed by atoms with Crippen LogP contribution in [0.4, 0.5) is 0 Å². The summed E-state index contributed by atoms with van der Waals surface area (Å²) in [5.74, 6) is 0. The average molecular weight is 407 g/mol. The molecule has 0 saturated heterocycles. The summed E-state index contributed by atoms with van der Waals surface area (Å²) in [6, 6.07) is 33.5. The van der Waals surface area contributed by atoms with Crippen LogP contribution in [0.15, 0.2) is 103 Å². The lowest BCUT2D eigenvalue weighted by molar-refractivity contribution is 1.24. The summed E-state index contributed by atoms with van der Waals surface area (Å²) in [7, 11) is 0. The fourth-order valence-corrected chi connectivity index (χ4v) is 4.44. The second kappa shape index (κ2) is 7.30. The number of nitriles is 1. The summed E-state index contributed by atoms with van der Waals surface area (Å²) in [5, 5.41) is 16.7. The number of hydrogen-bond donors (Lipinski definition) is 0. The highest BCUT2D eigenvalue weighted by Crippen LogP contribution is 2.37. The van der Waals surface area contributed by atoms with E-state index in [1.807, 2.05) is 12.3 Å². The van der Waals surface area contributed by atoms with Crippen LogP contribution in [-0.2, 0) is 0 Å². The first-order valence-corrected chi connectivity index (χ1v) is 10.5. The van der Waals surface area contributed by atoms with Gasteiger partial charge in [0.2, 0.25) is 0 Å². The molecule has 0 aliphatic heterocycles. The van der Waals surface area contributed by atoms with E-state index >= 15 is 0 Å². The third-order valence-corrected chi connectivity index (χ3v) is 5.99. The van der Waals surface area contributed by atoms with Gasteiger partial charge in [-0.1, -0.05) is 66.7 Å². The number of nitrogens with zero attached hydrogens (tertiary/aromatic N) is 3. The van der Waals surface area contributed by atoms with E-state index in [9.17, 15) is 0 Å². The fraction of sp³-hybridized carbons (Fsp3) is 0. The predicted octanol–water partition coefficient (Wildman–Crippen LogP) is 7.14. The first kappa shape index (κ1) is 18.2. The maximum absolute atomic E-state index is 9.13. The molecule has 0 bridgehead atoms. The molecule has 6 rings (SSSR count). The van der Waals surface area contributed by atoms with Crippen molar-refractivity contribution in [3.05, 3.63) is 109 Å². The van der Waals surface area contributed by atoms with Gasteiger partial charge in [-0.3, -0.25) is 9.97 Å². The van der Waals surface area contributed by atoms with Crippen LogP contribution in [0.5, 0.6) is 0 Å². The van der Waals surface area contributed by atoms with Crippen molar-refractivity contribution in [2.24, 2.45) is 0 Å². The largest absolute Gasteiger partial charge is 0.255 e. The maximum Gasteiger partial charge on any atom is 0.0992 e. The van der Waals surface area contributed by atoms with Crippen molar-refractivity contribution < 1.29 is 0 Å². The van der Waals surface area contributed by atoms with Crippen molar-refractivity contribution in [3.63, 3.8) is 0 Å². The summed E-state index contributed by atoms with van der Waals surface area (Å²) in [5.41, 5.74) is 4.20. The molecule has 0 N–H and O–H groups in total. The van der Waals surface area contributed by atoms with Gasteiger partial charge < -0.3 is 0 Å². The van der Waals surface area contributed by atoms with Crippen LogP contribution in [0.25, 0.3) is 54.8 Å². The predicted molar refractivity (Wildman–Crippen MR) is 130 cm³/mol. The van der Waals surface area contributed by atoms with Crippen LogP contribution in [0, 0.1) is 11.3 Å². The summed E-state index contributed by atoms with van der Waals surface area (Å²) in [4.78, 5) is 8.97. The number of aromatic nitrogens is 2. The lowest BCUT2D eigenvalue weighted by Gasteiger charge is -2.12. The molecule has 0 atom stereocenters. The molecule has 0 fully saturated rings. The van der Waals surface area contributed by atoms with Gasteiger partial charge in [-0.15, -0.1) is 0 Å². The number of rotatable bonds is 2. The Morgan fingerprint density at radius 1 is 0.531 bits per heavy atom. The second-order valence-corrected chi connectivity index (χ2v) is 7.83. The second-order valence-electron chi connectivity index (χ2n) is 7.83. The quantitative estimate of drug-likeness (QED) is 0.287. The zero-order valence-electron chi connectivity index (χ0n) is 17.2. The van der Waals surface area contributed by atoms with Gasteiger partial charge in [-0.2, -0.15) is 5.26 Å². The van der Waals surface area contributed by atoms with E-state index in [4.69, 9.17) is 5.26 Å². The summed E-state index contributed by atoms with van der Waals surface area (Å²) in [6.07, 6.45) is 3.52. The molecule has 0 saturated carbocycles. The van der Waals surface area contributed by atoms with Gasteiger partial charge in [-0.25, -0.2) is 0 Å². The third-order valence-electron chi connectivity index (χ3n) is 5.99. The van der Waals surface area contributed by atoms with E-state index < -0.39 is 0 Å². The normalized spacial score (nSPS) is 11.1. The van der Waals surface area contributed by atoms with E-state index in [0.29, 0.717) is 11.3 Å². The number of hydrogen-bond acceptors (Lipinski definition) is 3. The van der Waals surface area contributed by atoms with E-state index in [-0.39, 0.29) is 0 Å². The van der Waals surface area contributed by atoms with Crippen LogP contribution in [0.2, 0.25) is 0 Å². The van der Waals surface area contributed by atoms with Crippen molar-refractivity contribution in [3.8, 4) is 28.6 Å². The molecule has 0 aliphatic carbocycles. The highest BCUT2D eigenvalue weighted by molar-refractivity contribution is 6.25. The number of pyridine rings is 2. The molecule has 0 aliphatic rings. The zero-order chi connectivity index (χ0) is 21.5. The topological polar surface area (TPSA) is 49.6 Å². The Kier molecular flexibility index (Phi) is 4.16. The van der Waals surface area contributed by atoms with Gasteiger partial charge >= 0.3 is 0 Å². The highest BCUT2D eigenvalue weighted by Gasteiger charge is 2.10. The molecule has 0 radical (unpaired) electrons. The minimum absolute atomic E-state index is 0.578. The molecule has 2 heterocycles.